The van der Waals surface area contributed by atoms with E-state index in [4.69, 9.17) is 18.5 Å². The average molecular weight is 901 g/mol. The monoisotopic (exact) mass is 901 g/mol. The summed E-state index contributed by atoms with van der Waals surface area (Å²) < 4.78 is 34.2. The predicted octanol–water partition coefficient (Wildman–Crippen LogP) is 10.4. The third-order valence-corrected chi connectivity index (χ3v) is 12.2. The minimum Gasteiger partial charge on any atom is -0.457 e. The third kappa shape index (κ3) is 31.2. The highest BCUT2D eigenvalue weighted by atomic mass is 31.2. The van der Waals surface area contributed by atoms with Crippen LogP contribution in [0.5, 0.6) is 0 Å². The Bertz CT molecular complexity index is 1210. The SMILES string of the molecule is CCCCC/C=C\C/C=C\CCCCCCCCCCCCOCC(COP(=O)(O)OC1C(O)C(O)C(O)C(O)C1O)OC(=O)CCCCCCC/C=C\C/C=C\CCCCC. The van der Waals surface area contributed by atoms with Crippen LogP contribution in [-0.2, 0) is 27.9 Å². The number of carbonyl (C=O) groups excluding carboxylic acids is 1. The minimum absolute atomic E-state index is 0.0851. The normalized spacial score (nSPS) is 22.4. The first kappa shape index (κ1) is 58.3. The summed E-state index contributed by atoms with van der Waals surface area (Å²) in [4.78, 5) is 23.2. The Hall–Kier alpha value is -1.70. The summed E-state index contributed by atoms with van der Waals surface area (Å²) in [5.74, 6) is -0.492. The second-order valence-corrected chi connectivity index (χ2v) is 18.4. The van der Waals surface area contributed by atoms with E-state index in [1.807, 2.05) is 0 Å². The summed E-state index contributed by atoms with van der Waals surface area (Å²) in [6, 6.07) is 0. The van der Waals surface area contributed by atoms with Gasteiger partial charge in [-0.15, -0.1) is 0 Å². The van der Waals surface area contributed by atoms with Crippen LogP contribution < -0.4 is 0 Å². The summed E-state index contributed by atoms with van der Waals surface area (Å²) in [7, 11) is -5.03. The van der Waals surface area contributed by atoms with Gasteiger partial charge in [-0.2, -0.15) is 0 Å². The van der Waals surface area contributed by atoms with E-state index in [0.29, 0.717) is 13.0 Å². The maximum absolute atomic E-state index is 12.8. The number of hydrogen-bond donors (Lipinski definition) is 6. The minimum atomic E-state index is -5.03. The van der Waals surface area contributed by atoms with Gasteiger partial charge in [0.2, 0.25) is 0 Å². The van der Waals surface area contributed by atoms with E-state index in [1.165, 1.54) is 89.9 Å². The van der Waals surface area contributed by atoms with Crippen molar-refractivity contribution < 1.29 is 58.3 Å². The lowest BCUT2D eigenvalue weighted by Gasteiger charge is -2.41. The van der Waals surface area contributed by atoms with Crippen LogP contribution >= 0.6 is 7.82 Å². The molecule has 0 saturated heterocycles. The fourth-order valence-corrected chi connectivity index (χ4v) is 8.21. The number of esters is 1. The molecule has 62 heavy (non-hydrogen) atoms. The Balaban J connectivity index is 2.37. The first-order valence-electron chi connectivity index (χ1n) is 24.5. The lowest BCUT2D eigenvalue weighted by molar-refractivity contribution is -0.220. The summed E-state index contributed by atoms with van der Waals surface area (Å²) in [6.07, 6.45) is 36.0. The number of rotatable bonds is 41. The molecule has 1 aliphatic carbocycles. The molecular weight excluding hydrogens is 812 g/mol. The number of hydrogen-bond acceptors (Lipinski definition) is 11. The molecule has 0 amide bonds. The van der Waals surface area contributed by atoms with Crippen molar-refractivity contribution in [2.24, 2.45) is 0 Å². The zero-order chi connectivity index (χ0) is 45.5. The molecule has 362 valence electrons. The standard InChI is InChI=1S/C49H89O12P/c1-3-5-7-9-11-13-15-17-19-20-21-22-23-25-27-29-31-33-35-37-39-58-40-42(41-59-62(56,57)61-49-47(54)45(52)44(51)46(53)48(49)55)60-43(50)38-36-34-32-30-28-26-24-18-16-14-12-10-8-6-4-2/h11-14,17-19,24,42,44-49,51-55H,3-10,15-16,20-23,25-41H2,1-2H3,(H,56,57)/b13-11-,14-12-,19-17-,24-18-. The molecule has 6 atom stereocenters. The smallest absolute Gasteiger partial charge is 0.457 e. The zero-order valence-corrected chi connectivity index (χ0v) is 39.6. The summed E-state index contributed by atoms with van der Waals surface area (Å²) in [5.41, 5.74) is 0. The van der Waals surface area contributed by atoms with Gasteiger partial charge in [-0.25, -0.2) is 4.57 Å². The first-order chi connectivity index (χ1) is 30.0. The Morgan fingerprint density at radius 1 is 0.516 bits per heavy atom. The first-order valence-corrected chi connectivity index (χ1v) is 26.0. The van der Waals surface area contributed by atoms with Gasteiger partial charge in [0.05, 0.1) is 13.2 Å². The molecule has 1 saturated carbocycles. The highest BCUT2D eigenvalue weighted by Gasteiger charge is 2.51. The van der Waals surface area contributed by atoms with E-state index in [9.17, 15) is 39.8 Å². The van der Waals surface area contributed by atoms with Gasteiger partial charge in [0.1, 0.15) is 42.7 Å². The fraction of sp³-hybridized carbons (Fsp3) is 0.816. The van der Waals surface area contributed by atoms with Crippen molar-refractivity contribution in [2.75, 3.05) is 19.8 Å². The second-order valence-electron chi connectivity index (χ2n) is 17.0. The summed E-state index contributed by atoms with van der Waals surface area (Å²) in [5, 5.41) is 50.2. The van der Waals surface area contributed by atoms with Crippen molar-refractivity contribution in [2.45, 2.75) is 236 Å². The fourth-order valence-electron chi connectivity index (χ4n) is 7.24. The van der Waals surface area contributed by atoms with Crippen LogP contribution in [0.15, 0.2) is 48.6 Å². The van der Waals surface area contributed by atoms with Gasteiger partial charge in [0.15, 0.2) is 0 Å². The number of phosphoric acid groups is 1. The number of carbonyl (C=O) groups is 1. The Kier molecular flexibility index (Phi) is 37.3. The van der Waals surface area contributed by atoms with Crippen molar-refractivity contribution in [3.63, 3.8) is 0 Å². The van der Waals surface area contributed by atoms with Gasteiger partial charge in [-0.1, -0.05) is 159 Å². The molecule has 1 fully saturated rings. The maximum Gasteiger partial charge on any atom is 0.472 e. The van der Waals surface area contributed by atoms with Crippen molar-refractivity contribution >= 4 is 13.8 Å². The largest absolute Gasteiger partial charge is 0.472 e. The van der Waals surface area contributed by atoms with E-state index in [2.05, 4.69) is 62.5 Å². The van der Waals surface area contributed by atoms with E-state index in [1.54, 1.807) is 0 Å². The molecule has 13 heteroatoms. The predicted molar refractivity (Wildman–Crippen MR) is 249 cm³/mol. The number of aliphatic hydroxyl groups excluding tert-OH is 5. The van der Waals surface area contributed by atoms with Crippen LogP contribution in [-0.4, -0.2) is 98.9 Å². The molecule has 6 unspecified atom stereocenters. The highest BCUT2D eigenvalue weighted by molar-refractivity contribution is 7.47. The molecule has 6 N–H and O–H groups in total. The molecule has 0 aromatic rings. The number of unbranched alkanes of at least 4 members (excludes halogenated alkanes) is 21. The lowest BCUT2D eigenvalue weighted by atomic mass is 9.85. The highest BCUT2D eigenvalue weighted by Crippen LogP contribution is 2.47. The molecule has 0 aromatic heterocycles. The Morgan fingerprint density at radius 3 is 1.35 bits per heavy atom. The lowest BCUT2D eigenvalue weighted by Crippen LogP contribution is -2.64. The quantitative estimate of drug-likeness (QED) is 0.0147. The van der Waals surface area contributed by atoms with Crippen molar-refractivity contribution in [1.29, 1.82) is 0 Å². The van der Waals surface area contributed by atoms with Crippen molar-refractivity contribution in [3.8, 4) is 0 Å². The van der Waals surface area contributed by atoms with E-state index >= 15 is 0 Å². The number of allylic oxidation sites excluding steroid dienone is 8. The maximum atomic E-state index is 12.8. The van der Waals surface area contributed by atoms with E-state index in [-0.39, 0.29) is 13.0 Å². The molecule has 0 radical (unpaired) electrons. The molecule has 1 aliphatic rings. The van der Waals surface area contributed by atoms with Crippen LogP contribution in [0.1, 0.15) is 194 Å². The molecule has 1 rings (SSSR count). The van der Waals surface area contributed by atoms with Gasteiger partial charge in [0.25, 0.3) is 0 Å². The van der Waals surface area contributed by atoms with Crippen molar-refractivity contribution in [3.05, 3.63) is 48.6 Å². The number of aliphatic hydroxyl groups is 5. The van der Waals surface area contributed by atoms with Crippen molar-refractivity contribution in [1.82, 2.24) is 0 Å². The van der Waals surface area contributed by atoms with Crippen LogP contribution in [0.3, 0.4) is 0 Å². The van der Waals surface area contributed by atoms with Crippen LogP contribution in [0.2, 0.25) is 0 Å². The molecule has 0 bridgehead atoms. The summed E-state index contributed by atoms with van der Waals surface area (Å²) >= 11 is 0. The number of phosphoric ester groups is 1. The van der Waals surface area contributed by atoms with E-state index < -0.39 is 63.1 Å². The molecule has 0 spiro atoms. The van der Waals surface area contributed by atoms with Crippen LogP contribution in [0, 0.1) is 0 Å². The van der Waals surface area contributed by atoms with Gasteiger partial charge in [-0.05, 0) is 77.0 Å². The topological polar surface area (TPSA) is 192 Å². The van der Waals surface area contributed by atoms with Crippen LogP contribution in [0.25, 0.3) is 0 Å². The zero-order valence-electron chi connectivity index (χ0n) is 38.7. The second kappa shape index (κ2) is 39.6. The Morgan fingerprint density at radius 2 is 0.903 bits per heavy atom. The summed E-state index contributed by atoms with van der Waals surface area (Å²) in [6.45, 7) is 4.19. The molecule has 12 nitrogen and oxygen atoms in total. The van der Waals surface area contributed by atoms with Gasteiger partial charge < -0.3 is 39.9 Å². The Labute approximate surface area is 375 Å². The third-order valence-electron chi connectivity index (χ3n) is 11.2. The number of ether oxygens (including phenoxy) is 2. The molecule has 0 aromatic carbocycles. The van der Waals surface area contributed by atoms with E-state index in [0.717, 1.165) is 77.0 Å². The molecule has 0 aliphatic heterocycles. The molecule has 0 heterocycles. The molecular formula is C49H89O12P. The average Bonchev–Trinajstić information content (AvgIpc) is 3.26. The van der Waals surface area contributed by atoms with Gasteiger partial charge >= 0.3 is 13.8 Å². The van der Waals surface area contributed by atoms with Crippen LogP contribution in [0.4, 0.5) is 0 Å². The van der Waals surface area contributed by atoms with Gasteiger partial charge in [-0.3, -0.25) is 13.8 Å². The van der Waals surface area contributed by atoms with Gasteiger partial charge in [0, 0.05) is 13.0 Å².